The Morgan fingerprint density at radius 1 is 1.14 bits per heavy atom. The van der Waals surface area contributed by atoms with Crippen molar-refractivity contribution >= 4 is 27.5 Å². The zero-order valence-corrected chi connectivity index (χ0v) is 14.6. The van der Waals surface area contributed by atoms with Crippen molar-refractivity contribution in [1.29, 1.82) is 0 Å². The Morgan fingerprint density at radius 3 is 2.57 bits per heavy atom. The van der Waals surface area contributed by atoms with Gasteiger partial charge in [-0.3, -0.25) is 0 Å². The average molecular weight is 367 g/mol. The molecule has 112 valence electrons. The molecule has 0 aliphatic heterocycles. The molecule has 0 saturated heterocycles. The van der Waals surface area contributed by atoms with Crippen molar-refractivity contribution in [2.75, 3.05) is 6.54 Å². The minimum Gasteiger partial charge on any atom is -0.310 e. The fraction of sp³-hybridized carbons (Fsp3) is 0.333. The summed E-state index contributed by atoms with van der Waals surface area (Å²) in [5.41, 5.74) is 2.66. The number of hydrogen-bond donors (Lipinski definition) is 1. The van der Waals surface area contributed by atoms with Crippen molar-refractivity contribution in [3.05, 3.63) is 69.2 Å². The molecule has 2 aromatic carbocycles. The second-order valence-corrected chi connectivity index (χ2v) is 6.54. The molecule has 0 amide bonds. The quantitative estimate of drug-likeness (QED) is 0.655. The molecule has 21 heavy (non-hydrogen) atoms. The second kappa shape index (κ2) is 8.57. The number of benzene rings is 2. The monoisotopic (exact) mass is 365 g/mol. The second-order valence-electron chi connectivity index (χ2n) is 5.19. The van der Waals surface area contributed by atoms with Gasteiger partial charge in [0.2, 0.25) is 0 Å². The fourth-order valence-electron chi connectivity index (χ4n) is 2.56. The first-order chi connectivity index (χ1) is 10.2. The van der Waals surface area contributed by atoms with E-state index in [1.54, 1.807) is 0 Å². The van der Waals surface area contributed by atoms with E-state index >= 15 is 0 Å². The maximum atomic E-state index is 6.17. The molecule has 1 atom stereocenters. The van der Waals surface area contributed by atoms with Crippen LogP contribution in [0.1, 0.15) is 36.9 Å². The van der Waals surface area contributed by atoms with Gasteiger partial charge in [-0.2, -0.15) is 0 Å². The minimum atomic E-state index is 0.355. The van der Waals surface area contributed by atoms with Gasteiger partial charge in [-0.25, -0.2) is 0 Å². The van der Waals surface area contributed by atoms with E-state index in [1.807, 2.05) is 6.07 Å². The van der Waals surface area contributed by atoms with Gasteiger partial charge < -0.3 is 5.32 Å². The lowest BCUT2D eigenvalue weighted by Gasteiger charge is -2.19. The van der Waals surface area contributed by atoms with Crippen molar-refractivity contribution in [3.63, 3.8) is 0 Å². The highest BCUT2D eigenvalue weighted by molar-refractivity contribution is 9.10. The van der Waals surface area contributed by atoms with Gasteiger partial charge in [-0.05, 0) is 55.1 Å². The first kappa shape index (κ1) is 16.5. The van der Waals surface area contributed by atoms with Gasteiger partial charge in [0.25, 0.3) is 0 Å². The molecule has 0 heterocycles. The smallest absolute Gasteiger partial charge is 0.0420 e. The molecular weight excluding hydrogens is 346 g/mol. The molecule has 0 aliphatic rings. The average Bonchev–Trinajstić information content (AvgIpc) is 2.46. The number of rotatable bonds is 7. The molecule has 2 rings (SSSR count). The lowest BCUT2D eigenvalue weighted by atomic mass is 9.99. The lowest BCUT2D eigenvalue weighted by Crippen LogP contribution is -2.21. The lowest BCUT2D eigenvalue weighted by molar-refractivity contribution is 0.498. The first-order valence-corrected chi connectivity index (χ1v) is 8.59. The van der Waals surface area contributed by atoms with E-state index < -0.39 is 0 Å². The van der Waals surface area contributed by atoms with E-state index in [0.29, 0.717) is 6.04 Å². The largest absolute Gasteiger partial charge is 0.310 e. The molecule has 1 unspecified atom stereocenters. The first-order valence-electron chi connectivity index (χ1n) is 7.42. The molecule has 0 aliphatic carbocycles. The molecule has 0 radical (unpaired) electrons. The Balaban J connectivity index is 1.98. The third kappa shape index (κ3) is 5.46. The zero-order chi connectivity index (χ0) is 15.1. The molecule has 0 aromatic heterocycles. The van der Waals surface area contributed by atoms with Crippen LogP contribution in [0.25, 0.3) is 0 Å². The highest BCUT2D eigenvalue weighted by atomic mass is 79.9. The van der Waals surface area contributed by atoms with Crippen molar-refractivity contribution in [1.82, 2.24) is 5.32 Å². The van der Waals surface area contributed by atoms with Crippen LogP contribution in [-0.2, 0) is 6.42 Å². The fourth-order valence-corrected chi connectivity index (χ4v) is 3.45. The third-order valence-electron chi connectivity index (χ3n) is 3.54. The Bertz CT molecular complexity index is 536. The van der Waals surface area contributed by atoms with E-state index in [4.69, 9.17) is 11.6 Å². The van der Waals surface area contributed by atoms with Gasteiger partial charge in [-0.15, -0.1) is 0 Å². The van der Waals surface area contributed by atoms with Gasteiger partial charge in [0, 0.05) is 15.5 Å². The van der Waals surface area contributed by atoms with E-state index in [0.717, 1.165) is 35.3 Å². The van der Waals surface area contributed by atoms with Crippen LogP contribution < -0.4 is 5.32 Å². The number of hydrogen-bond acceptors (Lipinski definition) is 1. The van der Waals surface area contributed by atoms with Crippen molar-refractivity contribution < 1.29 is 0 Å². The molecule has 2 aromatic rings. The summed E-state index contributed by atoms with van der Waals surface area (Å²) in [5.74, 6) is 0. The Labute approximate surface area is 140 Å². The predicted molar refractivity (Wildman–Crippen MR) is 94.9 cm³/mol. The van der Waals surface area contributed by atoms with Crippen LogP contribution in [0.5, 0.6) is 0 Å². The predicted octanol–water partition coefficient (Wildman–Crippen LogP) is 5.78. The van der Waals surface area contributed by atoms with Gasteiger partial charge in [0.15, 0.2) is 0 Å². The Kier molecular flexibility index (Phi) is 6.75. The molecule has 0 saturated carbocycles. The van der Waals surface area contributed by atoms with Gasteiger partial charge in [-0.1, -0.05) is 64.8 Å². The summed E-state index contributed by atoms with van der Waals surface area (Å²) in [5, 5.41) is 4.34. The SMILES string of the molecule is CCNC(CCCc1ccccc1)c1cc(Cl)cc(Br)c1. The molecule has 3 heteroatoms. The van der Waals surface area contributed by atoms with E-state index in [9.17, 15) is 0 Å². The molecule has 0 fully saturated rings. The van der Waals surface area contributed by atoms with Gasteiger partial charge in [0.05, 0.1) is 0 Å². The van der Waals surface area contributed by atoms with Crippen LogP contribution in [0.3, 0.4) is 0 Å². The molecule has 1 N–H and O–H groups in total. The van der Waals surface area contributed by atoms with Crippen molar-refractivity contribution in [2.45, 2.75) is 32.2 Å². The normalized spacial score (nSPS) is 12.3. The highest BCUT2D eigenvalue weighted by Crippen LogP contribution is 2.26. The molecule has 0 bridgehead atoms. The van der Waals surface area contributed by atoms with Gasteiger partial charge in [0.1, 0.15) is 0 Å². The summed E-state index contributed by atoms with van der Waals surface area (Å²) >= 11 is 9.69. The van der Waals surface area contributed by atoms with E-state index in [1.165, 1.54) is 11.1 Å². The highest BCUT2D eigenvalue weighted by Gasteiger charge is 2.11. The van der Waals surface area contributed by atoms with Crippen LogP contribution in [0.15, 0.2) is 53.0 Å². The standard InChI is InChI=1S/C18H21BrClN/c1-2-21-18(15-11-16(19)13-17(20)12-15)10-6-9-14-7-4-3-5-8-14/h3-5,7-8,11-13,18,21H,2,6,9-10H2,1H3. The Morgan fingerprint density at radius 2 is 1.90 bits per heavy atom. The zero-order valence-electron chi connectivity index (χ0n) is 12.3. The van der Waals surface area contributed by atoms with Crippen molar-refractivity contribution in [2.24, 2.45) is 0 Å². The molecule has 1 nitrogen and oxygen atoms in total. The molecule has 0 spiro atoms. The minimum absolute atomic E-state index is 0.355. The Hall–Kier alpha value is -0.830. The number of halogens is 2. The van der Waals surface area contributed by atoms with Crippen molar-refractivity contribution in [3.8, 4) is 0 Å². The summed E-state index contributed by atoms with van der Waals surface area (Å²) in [6.07, 6.45) is 3.38. The summed E-state index contributed by atoms with van der Waals surface area (Å²) in [6, 6.07) is 17.2. The maximum absolute atomic E-state index is 6.17. The van der Waals surface area contributed by atoms with E-state index in [-0.39, 0.29) is 0 Å². The maximum Gasteiger partial charge on any atom is 0.0420 e. The number of aryl methyl sites for hydroxylation is 1. The summed E-state index contributed by atoms with van der Waals surface area (Å²) in [7, 11) is 0. The molecular formula is C18H21BrClN. The van der Waals surface area contributed by atoms with E-state index in [2.05, 4.69) is 70.6 Å². The van der Waals surface area contributed by atoms with Crippen LogP contribution in [0.2, 0.25) is 5.02 Å². The summed E-state index contributed by atoms with van der Waals surface area (Å²) < 4.78 is 1.04. The van der Waals surface area contributed by atoms with Crippen LogP contribution in [0, 0.1) is 0 Å². The van der Waals surface area contributed by atoms with Crippen LogP contribution in [0.4, 0.5) is 0 Å². The van der Waals surface area contributed by atoms with Crippen LogP contribution in [-0.4, -0.2) is 6.54 Å². The number of nitrogens with one attached hydrogen (secondary N) is 1. The topological polar surface area (TPSA) is 12.0 Å². The summed E-state index contributed by atoms with van der Waals surface area (Å²) in [4.78, 5) is 0. The third-order valence-corrected chi connectivity index (χ3v) is 4.21. The summed E-state index contributed by atoms with van der Waals surface area (Å²) in [6.45, 7) is 3.10. The van der Waals surface area contributed by atoms with Crippen LogP contribution >= 0.6 is 27.5 Å². The van der Waals surface area contributed by atoms with Gasteiger partial charge >= 0.3 is 0 Å².